The van der Waals surface area contributed by atoms with E-state index in [1.54, 1.807) is 6.20 Å². The number of nitrogens with zero attached hydrogens (tertiary/aromatic N) is 2. The highest BCUT2D eigenvalue weighted by molar-refractivity contribution is 9.13. The number of hydrogen-bond acceptors (Lipinski definition) is 3. The molecule has 0 fully saturated rings. The summed E-state index contributed by atoms with van der Waals surface area (Å²) in [5.41, 5.74) is 2.27. The van der Waals surface area contributed by atoms with Crippen LogP contribution in [0.15, 0.2) is 62.4 Å². The van der Waals surface area contributed by atoms with Crippen LogP contribution in [0.4, 0.5) is 5.69 Å². The van der Waals surface area contributed by atoms with E-state index in [1.165, 1.54) is 5.56 Å². The van der Waals surface area contributed by atoms with E-state index < -0.39 is 0 Å². The summed E-state index contributed by atoms with van der Waals surface area (Å²) < 4.78 is 9.11. The second-order valence-corrected chi connectivity index (χ2v) is 6.12. The molecule has 0 radical (unpaired) electrons. The molecule has 21 heavy (non-hydrogen) atoms. The number of halogens is 2. The van der Waals surface area contributed by atoms with E-state index in [9.17, 15) is 0 Å². The normalized spacial score (nSPS) is 10.8. The Labute approximate surface area is 139 Å². The average molecular weight is 411 g/mol. The fourth-order valence-corrected chi connectivity index (χ4v) is 2.72. The van der Waals surface area contributed by atoms with Gasteiger partial charge in [-0.3, -0.25) is 4.68 Å². The Kier molecular flexibility index (Phi) is 4.45. The smallest absolute Gasteiger partial charge is 0.183 e. The molecule has 0 atom stereocenters. The van der Waals surface area contributed by atoms with Crippen LogP contribution in [0.25, 0.3) is 0 Å². The van der Waals surface area contributed by atoms with Gasteiger partial charge in [-0.15, -0.1) is 0 Å². The predicted octanol–water partition coefficient (Wildman–Crippen LogP) is 4.66. The van der Waals surface area contributed by atoms with Gasteiger partial charge in [-0.2, -0.15) is 5.10 Å². The molecule has 108 valence electrons. The molecule has 0 aliphatic carbocycles. The third-order valence-electron chi connectivity index (χ3n) is 3.06. The van der Waals surface area contributed by atoms with Gasteiger partial charge in [0.1, 0.15) is 5.76 Å². The first kappa shape index (κ1) is 14.4. The van der Waals surface area contributed by atoms with Crippen molar-refractivity contribution in [2.45, 2.75) is 13.1 Å². The Balaban J connectivity index is 1.73. The number of nitrogens with one attached hydrogen (secondary N) is 1. The Bertz CT molecular complexity index is 703. The lowest BCUT2D eigenvalue weighted by molar-refractivity contribution is 0.494. The topological polar surface area (TPSA) is 43.0 Å². The molecule has 1 N–H and O–H groups in total. The van der Waals surface area contributed by atoms with Crippen LogP contribution in [0.3, 0.4) is 0 Å². The van der Waals surface area contributed by atoms with E-state index in [-0.39, 0.29) is 0 Å². The van der Waals surface area contributed by atoms with E-state index in [2.05, 4.69) is 54.4 Å². The number of furan rings is 1. The maximum Gasteiger partial charge on any atom is 0.183 e. The Morgan fingerprint density at radius 1 is 1.19 bits per heavy atom. The first-order chi connectivity index (χ1) is 10.2. The number of para-hydroxylation sites is 1. The van der Waals surface area contributed by atoms with Crippen molar-refractivity contribution >= 4 is 37.5 Å². The fourth-order valence-electron chi connectivity index (χ4n) is 2.06. The summed E-state index contributed by atoms with van der Waals surface area (Å²) in [5.74, 6) is 0.864. The van der Waals surface area contributed by atoms with Crippen LogP contribution < -0.4 is 5.32 Å². The van der Waals surface area contributed by atoms with Crippen molar-refractivity contribution in [1.29, 1.82) is 0 Å². The molecule has 2 aromatic heterocycles. The number of hydrogen-bond donors (Lipinski definition) is 1. The molecule has 0 saturated carbocycles. The average Bonchev–Trinajstić information content (AvgIpc) is 3.09. The van der Waals surface area contributed by atoms with Crippen LogP contribution >= 0.6 is 31.9 Å². The zero-order valence-electron chi connectivity index (χ0n) is 11.1. The van der Waals surface area contributed by atoms with Crippen molar-refractivity contribution in [2.75, 3.05) is 5.32 Å². The van der Waals surface area contributed by atoms with Crippen LogP contribution in [-0.2, 0) is 13.1 Å². The van der Waals surface area contributed by atoms with Crippen LogP contribution in [0.1, 0.15) is 11.3 Å². The van der Waals surface area contributed by atoms with Crippen molar-refractivity contribution in [2.24, 2.45) is 0 Å². The molecule has 0 aliphatic heterocycles. The van der Waals surface area contributed by atoms with Crippen molar-refractivity contribution < 1.29 is 4.42 Å². The zero-order chi connectivity index (χ0) is 14.7. The highest BCUT2D eigenvalue weighted by atomic mass is 79.9. The highest BCUT2D eigenvalue weighted by Gasteiger charge is 2.07. The molecule has 0 bridgehead atoms. The molecular formula is C15H13Br2N3O. The Morgan fingerprint density at radius 3 is 2.76 bits per heavy atom. The molecule has 1 aromatic carbocycles. The van der Waals surface area contributed by atoms with Gasteiger partial charge in [0.2, 0.25) is 0 Å². The molecule has 0 amide bonds. The summed E-state index contributed by atoms with van der Waals surface area (Å²) in [7, 11) is 0. The minimum absolute atomic E-state index is 0.625. The molecule has 6 heteroatoms. The summed E-state index contributed by atoms with van der Waals surface area (Å²) >= 11 is 6.76. The Morgan fingerprint density at radius 2 is 2.05 bits per heavy atom. The van der Waals surface area contributed by atoms with Crippen LogP contribution in [-0.4, -0.2) is 9.78 Å². The Hall–Kier alpha value is -1.53. The first-order valence-electron chi connectivity index (χ1n) is 6.45. The zero-order valence-corrected chi connectivity index (χ0v) is 14.3. The van der Waals surface area contributed by atoms with Gasteiger partial charge in [0.05, 0.1) is 17.6 Å². The van der Waals surface area contributed by atoms with Gasteiger partial charge in [0.15, 0.2) is 4.67 Å². The van der Waals surface area contributed by atoms with Gasteiger partial charge >= 0.3 is 0 Å². The second kappa shape index (κ2) is 6.49. The lowest BCUT2D eigenvalue weighted by Crippen LogP contribution is -2.05. The van der Waals surface area contributed by atoms with Crippen molar-refractivity contribution in [3.05, 3.63) is 69.3 Å². The second-order valence-electron chi connectivity index (χ2n) is 4.55. The first-order valence-corrected chi connectivity index (χ1v) is 8.04. The number of aromatic nitrogens is 2. The molecule has 3 rings (SSSR count). The summed E-state index contributed by atoms with van der Waals surface area (Å²) in [4.78, 5) is 0. The molecule has 4 nitrogen and oxygen atoms in total. The van der Waals surface area contributed by atoms with Crippen LogP contribution in [0.2, 0.25) is 0 Å². The van der Waals surface area contributed by atoms with Gasteiger partial charge in [-0.25, -0.2) is 0 Å². The quantitative estimate of drug-likeness (QED) is 0.664. The monoisotopic (exact) mass is 409 g/mol. The minimum atomic E-state index is 0.625. The predicted molar refractivity (Wildman–Crippen MR) is 89.2 cm³/mol. The number of anilines is 1. The molecule has 0 spiro atoms. The molecular weight excluding hydrogens is 398 g/mol. The molecule has 0 aliphatic rings. The van der Waals surface area contributed by atoms with E-state index in [0.29, 0.717) is 11.2 Å². The van der Waals surface area contributed by atoms with E-state index in [0.717, 1.165) is 22.5 Å². The molecule has 0 saturated heterocycles. The van der Waals surface area contributed by atoms with Gasteiger partial charge in [0, 0.05) is 18.1 Å². The van der Waals surface area contributed by atoms with Gasteiger partial charge < -0.3 is 9.73 Å². The van der Waals surface area contributed by atoms with Crippen LogP contribution in [0, 0.1) is 0 Å². The minimum Gasteiger partial charge on any atom is -0.451 e. The van der Waals surface area contributed by atoms with Crippen molar-refractivity contribution in [3.63, 3.8) is 0 Å². The van der Waals surface area contributed by atoms with E-state index >= 15 is 0 Å². The lowest BCUT2D eigenvalue weighted by atomic mass is 10.1. The van der Waals surface area contributed by atoms with Crippen LogP contribution in [0.5, 0.6) is 0 Å². The highest BCUT2D eigenvalue weighted by Crippen LogP contribution is 2.27. The molecule has 0 unspecified atom stereocenters. The van der Waals surface area contributed by atoms with Crippen molar-refractivity contribution in [3.8, 4) is 0 Å². The van der Waals surface area contributed by atoms with E-state index in [4.69, 9.17) is 4.42 Å². The summed E-state index contributed by atoms with van der Waals surface area (Å²) in [6, 6.07) is 12.1. The summed E-state index contributed by atoms with van der Waals surface area (Å²) in [6.07, 6.45) is 3.74. The molecule has 2 heterocycles. The summed E-state index contributed by atoms with van der Waals surface area (Å²) in [5, 5.41) is 7.65. The molecule has 3 aromatic rings. The van der Waals surface area contributed by atoms with Crippen molar-refractivity contribution in [1.82, 2.24) is 9.78 Å². The third-order valence-corrected chi connectivity index (χ3v) is 4.77. The van der Waals surface area contributed by atoms with E-state index in [1.807, 2.05) is 35.1 Å². The van der Waals surface area contributed by atoms with Gasteiger partial charge in [0.25, 0.3) is 0 Å². The maximum atomic E-state index is 5.57. The standard InChI is InChI=1S/C15H13Br2N3O/c16-13-8-12(21-15(13)17)9-18-14-5-2-1-4-11(14)10-20-7-3-6-19-20/h1-8,18H,9-10H2. The SMILES string of the molecule is Brc1cc(CNc2ccccc2Cn2cccn2)oc1Br. The van der Waals surface area contributed by atoms with Gasteiger partial charge in [-0.1, -0.05) is 18.2 Å². The largest absolute Gasteiger partial charge is 0.451 e. The maximum absolute atomic E-state index is 5.57. The number of rotatable bonds is 5. The third kappa shape index (κ3) is 3.57. The summed E-state index contributed by atoms with van der Waals surface area (Å²) in [6.45, 7) is 1.36. The van der Waals surface area contributed by atoms with Gasteiger partial charge in [-0.05, 0) is 55.6 Å². The number of benzene rings is 1. The lowest BCUT2D eigenvalue weighted by Gasteiger charge is -2.11. The fraction of sp³-hybridized carbons (Fsp3) is 0.133.